The molecule has 8 heavy (non-hydrogen) atoms. The summed E-state index contributed by atoms with van der Waals surface area (Å²) < 4.78 is 0. The van der Waals surface area contributed by atoms with Crippen LogP contribution in [0, 0.1) is 0 Å². The van der Waals surface area contributed by atoms with Gasteiger partial charge in [0.15, 0.2) is 0 Å². The summed E-state index contributed by atoms with van der Waals surface area (Å²) in [6.45, 7) is 3.57. The Balaban J connectivity index is 2.82. The van der Waals surface area contributed by atoms with Crippen LogP contribution in [-0.2, 0) is 0 Å². The van der Waals surface area contributed by atoms with Crippen molar-refractivity contribution in [2.75, 3.05) is 0 Å². The molecule has 0 unspecified atom stereocenters. The van der Waals surface area contributed by atoms with Crippen LogP contribution in [0.3, 0.4) is 0 Å². The van der Waals surface area contributed by atoms with Gasteiger partial charge in [-0.1, -0.05) is 12.2 Å². The standard InChI is InChI=1S/C7H12O/c1-2-3-4-5-6-7-8/h2,6-8H,1,3-5H2/b7-6+. The summed E-state index contributed by atoms with van der Waals surface area (Å²) in [7, 11) is 0. The third-order valence-electron chi connectivity index (χ3n) is 0.884. The quantitative estimate of drug-likeness (QED) is 0.336. The van der Waals surface area contributed by atoms with E-state index in [4.69, 9.17) is 5.11 Å². The summed E-state index contributed by atoms with van der Waals surface area (Å²) in [6.07, 6.45) is 7.77. The van der Waals surface area contributed by atoms with Crippen LogP contribution in [0.4, 0.5) is 0 Å². The van der Waals surface area contributed by atoms with Crippen LogP contribution in [0.2, 0.25) is 0 Å². The molecule has 0 saturated carbocycles. The van der Waals surface area contributed by atoms with Gasteiger partial charge in [0, 0.05) is 0 Å². The van der Waals surface area contributed by atoms with Crippen LogP contribution in [0.25, 0.3) is 0 Å². The number of aliphatic hydroxyl groups excluding tert-OH is 1. The van der Waals surface area contributed by atoms with E-state index in [0.29, 0.717) is 0 Å². The fourth-order valence-electron chi connectivity index (χ4n) is 0.455. The Hall–Kier alpha value is -0.720. The molecule has 0 aromatic heterocycles. The third-order valence-corrected chi connectivity index (χ3v) is 0.884. The molecule has 0 heterocycles. The van der Waals surface area contributed by atoms with E-state index in [1.807, 2.05) is 6.08 Å². The highest BCUT2D eigenvalue weighted by Crippen LogP contribution is 1.95. The lowest BCUT2D eigenvalue weighted by Gasteiger charge is -1.85. The van der Waals surface area contributed by atoms with Crippen LogP contribution in [0.1, 0.15) is 19.3 Å². The van der Waals surface area contributed by atoms with Gasteiger partial charge in [-0.3, -0.25) is 0 Å². The Labute approximate surface area is 50.3 Å². The second kappa shape index (κ2) is 6.28. The summed E-state index contributed by atoms with van der Waals surface area (Å²) in [6, 6.07) is 0. The van der Waals surface area contributed by atoms with Crippen molar-refractivity contribution in [3.05, 3.63) is 25.0 Å². The molecule has 0 amide bonds. The van der Waals surface area contributed by atoms with Crippen molar-refractivity contribution < 1.29 is 5.11 Å². The fourth-order valence-corrected chi connectivity index (χ4v) is 0.455. The van der Waals surface area contributed by atoms with E-state index in [1.165, 1.54) is 0 Å². The molecule has 0 fully saturated rings. The molecule has 0 rings (SSSR count). The fraction of sp³-hybridized carbons (Fsp3) is 0.429. The maximum absolute atomic E-state index is 8.16. The van der Waals surface area contributed by atoms with E-state index < -0.39 is 0 Å². The summed E-state index contributed by atoms with van der Waals surface area (Å²) in [5.41, 5.74) is 0. The Morgan fingerprint density at radius 3 is 2.62 bits per heavy atom. The topological polar surface area (TPSA) is 20.2 Å². The first-order chi connectivity index (χ1) is 3.91. The molecule has 0 aliphatic heterocycles. The first-order valence-electron chi connectivity index (χ1n) is 2.82. The van der Waals surface area contributed by atoms with Crippen LogP contribution in [0.5, 0.6) is 0 Å². The van der Waals surface area contributed by atoms with Crippen molar-refractivity contribution in [1.82, 2.24) is 0 Å². The van der Waals surface area contributed by atoms with Crippen LogP contribution >= 0.6 is 0 Å². The lowest BCUT2D eigenvalue weighted by molar-refractivity contribution is 0.470. The van der Waals surface area contributed by atoms with Crippen molar-refractivity contribution in [3.8, 4) is 0 Å². The third kappa shape index (κ3) is 5.28. The molecule has 0 aromatic carbocycles. The van der Waals surface area contributed by atoms with E-state index in [0.717, 1.165) is 25.5 Å². The molecule has 1 nitrogen and oxygen atoms in total. The molecule has 1 N–H and O–H groups in total. The molecule has 46 valence electrons. The average molecular weight is 112 g/mol. The Morgan fingerprint density at radius 1 is 1.38 bits per heavy atom. The molecule has 0 radical (unpaired) electrons. The molecule has 0 spiro atoms. The smallest absolute Gasteiger partial charge is 0.0751 e. The van der Waals surface area contributed by atoms with Crippen molar-refractivity contribution in [2.45, 2.75) is 19.3 Å². The van der Waals surface area contributed by atoms with Gasteiger partial charge >= 0.3 is 0 Å². The number of allylic oxidation sites excluding steroid dienone is 2. The second-order valence-corrected chi connectivity index (χ2v) is 1.60. The Bertz CT molecular complexity index is 74.5. The van der Waals surface area contributed by atoms with Crippen molar-refractivity contribution in [2.24, 2.45) is 0 Å². The summed E-state index contributed by atoms with van der Waals surface area (Å²) in [4.78, 5) is 0. The van der Waals surface area contributed by atoms with Gasteiger partial charge in [-0.25, -0.2) is 0 Å². The maximum atomic E-state index is 8.16. The number of hydrogen-bond acceptors (Lipinski definition) is 1. The van der Waals surface area contributed by atoms with Gasteiger partial charge < -0.3 is 5.11 Å². The van der Waals surface area contributed by atoms with Gasteiger partial charge in [0.1, 0.15) is 0 Å². The van der Waals surface area contributed by atoms with Gasteiger partial charge in [-0.05, 0) is 19.3 Å². The van der Waals surface area contributed by atoms with E-state index in [9.17, 15) is 0 Å². The summed E-state index contributed by atoms with van der Waals surface area (Å²) in [5.74, 6) is 0. The normalized spacial score (nSPS) is 10.0. The molecule has 0 aliphatic rings. The predicted molar refractivity (Wildman–Crippen MR) is 35.8 cm³/mol. The van der Waals surface area contributed by atoms with E-state index in [2.05, 4.69) is 6.58 Å². The monoisotopic (exact) mass is 112 g/mol. The van der Waals surface area contributed by atoms with Gasteiger partial charge in [0.25, 0.3) is 0 Å². The molecular weight excluding hydrogens is 100 g/mol. The van der Waals surface area contributed by atoms with Gasteiger partial charge in [0.2, 0.25) is 0 Å². The average Bonchev–Trinajstić information content (AvgIpc) is 1.81. The summed E-state index contributed by atoms with van der Waals surface area (Å²) >= 11 is 0. The summed E-state index contributed by atoms with van der Waals surface area (Å²) in [5, 5.41) is 8.16. The minimum Gasteiger partial charge on any atom is -0.516 e. The van der Waals surface area contributed by atoms with E-state index in [-0.39, 0.29) is 0 Å². The zero-order chi connectivity index (χ0) is 6.24. The lowest BCUT2D eigenvalue weighted by atomic mass is 10.2. The molecule has 0 aromatic rings. The highest BCUT2D eigenvalue weighted by molar-refractivity contribution is 4.74. The highest BCUT2D eigenvalue weighted by Gasteiger charge is 1.76. The van der Waals surface area contributed by atoms with Gasteiger partial charge in [0.05, 0.1) is 6.26 Å². The van der Waals surface area contributed by atoms with Crippen LogP contribution < -0.4 is 0 Å². The zero-order valence-corrected chi connectivity index (χ0v) is 5.01. The molecule has 0 aliphatic carbocycles. The first kappa shape index (κ1) is 7.28. The number of rotatable bonds is 4. The van der Waals surface area contributed by atoms with Gasteiger partial charge in [-0.2, -0.15) is 0 Å². The second-order valence-electron chi connectivity index (χ2n) is 1.60. The molecule has 1 heteroatoms. The molecule has 0 saturated heterocycles. The first-order valence-corrected chi connectivity index (χ1v) is 2.82. The number of hydrogen-bond donors (Lipinski definition) is 1. The van der Waals surface area contributed by atoms with Gasteiger partial charge in [-0.15, -0.1) is 6.58 Å². The van der Waals surface area contributed by atoms with Crippen molar-refractivity contribution in [1.29, 1.82) is 0 Å². The minimum atomic E-state index is 0.947. The zero-order valence-electron chi connectivity index (χ0n) is 5.01. The van der Waals surface area contributed by atoms with E-state index >= 15 is 0 Å². The minimum absolute atomic E-state index is 0.947. The Kier molecular flexibility index (Phi) is 5.71. The molecule has 0 atom stereocenters. The highest BCUT2D eigenvalue weighted by atomic mass is 16.2. The Morgan fingerprint density at radius 2 is 2.12 bits per heavy atom. The predicted octanol–water partition coefficient (Wildman–Crippen LogP) is 2.41. The molecular formula is C7H12O. The van der Waals surface area contributed by atoms with Crippen molar-refractivity contribution in [3.63, 3.8) is 0 Å². The maximum Gasteiger partial charge on any atom is 0.0751 e. The molecule has 0 bridgehead atoms. The van der Waals surface area contributed by atoms with Crippen LogP contribution in [0.15, 0.2) is 25.0 Å². The number of aliphatic hydroxyl groups is 1. The SMILES string of the molecule is C=CCCC/C=C/O. The van der Waals surface area contributed by atoms with Crippen LogP contribution in [-0.4, -0.2) is 5.11 Å². The van der Waals surface area contributed by atoms with Crippen molar-refractivity contribution >= 4 is 0 Å². The van der Waals surface area contributed by atoms with E-state index in [1.54, 1.807) is 6.08 Å². The lowest BCUT2D eigenvalue weighted by Crippen LogP contribution is -1.66. The largest absolute Gasteiger partial charge is 0.516 e. The number of unbranched alkanes of at least 4 members (excludes halogenated alkanes) is 2.